The minimum atomic E-state index is -0.575. The van der Waals surface area contributed by atoms with E-state index in [0.717, 1.165) is 14.7 Å². The molecule has 1 aromatic rings. The molecule has 13 heavy (non-hydrogen) atoms. The number of benzene rings is 1. The lowest BCUT2D eigenvalue weighted by molar-refractivity contribution is 0.216. The van der Waals surface area contributed by atoms with E-state index in [2.05, 4.69) is 34.9 Å². The van der Waals surface area contributed by atoms with Crippen molar-refractivity contribution in [3.63, 3.8) is 0 Å². The molecule has 0 aliphatic carbocycles. The number of halogens is 1. The van der Waals surface area contributed by atoms with E-state index < -0.39 is 6.10 Å². The number of hydrogen-bond acceptors (Lipinski definition) is 1. The Hall–Kier alpha value is -0.570. The topological polar surface area (TPSA) is 20.2 Å². The molecule has 0 aromatic heterocycles. The highest BCUT2D eigenvalue weighted by molar-refractivity contribution is 14.1. The van der Waals surface area contributed by atoms with Gasteiger partial charge in [0.2, 0.25) is 0 Å². The fourth-order valence-electron chi connectivity index (χ4n) is 0.992. The molecule has 0 radical (unpaired) electrons. The van der Waals surface area contributed by atoms with Gasteiger partial charge in [0.15, 0.2) is 0 Å². The Labute approximate surface area is 91.9 Å². The standard InChI is InChI=1S/C11H11IO/c1-3-8(2)11(13)9-4-6-10(12)7-5-9/h4-7,11,13H,1H2,2H3. The largest absolute Gasteiger partial charge is 0.383 e. The average Bonchev–Trinajstić information content (AvgIpc) is 2.17. The first-order chi connectivity index (χ1) is 6.15. The van der Waals surface area contributed by atoms with Crippen LogP contribution in [0.15, 0.2) is 42.1 Å². The third-order valence-electron chi connectivity index (χ3n) is 1.87. The van der Waals surface area contributed by atoms with Crippen molar-refractivity contribution in [2.75, 3.05) is 0 Å². The molecule has 0 fully saturated rings. The van der Waals surface area contributed by atoms with Gasteiger partial charge in [-0.25, -0.2) is 0 Å². The van der Waals surface area contributed by atoms with Gasteiger partial charge >= 0.3 is 0 Å². The van der Waals surface area contributed by atoms with Gasteiger partial charge in [0.1, 0.15) is 6.10 Å². The summed E-state index contributed by atoms with van der Waals surface area (Å²) in [4.78, 5) is 0. The summed E-state index contributed by atoms with van der Waals surface area (Å²) in [5.41, 5.74) is 4.33. The van der Waals surface area contributed by atoms with Crippen LogP contribution in [0.5, 0.6) is 0 Å². The SMILES string of the molecule is C=C=C(C)C(O)c1ccc(I)cc1. The molecule has 0 amide bonds. The minimum Gasteiger partial charge on any atom is -0.383 e. The van der Waals surface area contributed by atoms with E-state index in [1.807, 2.05) is 31.2 Å². The summed E-state index contributed by atoms with van der Waals surface area (Å²) in [6.45, 7) is 5.32. The van der Waals surface area contributed by atoms with Crippen molar-refractivity contribution < 1.29 is 5.11 Å². The van der Waals surface area contributed by atoms with Crippen molar-refractivity contribution in [3.8, 4) is 0 Å². The van der Waals surface area contributed by atoms with E-state index in [-0.39, 0.29) is 0 Å². The fourth-order valence-corrected chi connectivity index (χ4v) is 1.35. The van der Waals surface area contributed by atoms with Gasteiger partial charge in [-0.15, -0.1) is 5.73 Å². The van der Waals surface area contributed by atoms with Gasteiger partial charge in [0.25, 0.3) is 0 Å². The van der Waals surface area contributed by atoms with E-state index in [1.54, 1.807) is 0 Å². The predicted octanol–water partition coefficient (Wildman–Crippen LogP) is 3.06. The lowest BCUT2D eigenvalue weighted by Gasteiger charge is -2.09. The van der Waals surface area contributed by atoms with Crippen LogP contribution in [-0.2, 0) is 0 Å². The quantitative estimate of drug-likeness (QED) is 0.654. The summed E-state index contributed by atoms with van der Waals surface area (Å²) < 4.78 is 1.16. The first kappa shape index (κ1) is 10.5. The lowest BCUT2D eigenvalue weighted by Crippen LogP contribution is -1.97. The van der Waals surface area contributed by atoms with Crippen LogP contribution >= 0.6 is 22.6 Å². The summed E-state index contributed by atoms with van der Waals surface area (Å²) in [6, 6.07) is 7.76. The van der Waals surface area contributed by atoms with Crippen LogP contribution in [0.3, 0.4) is 0 Å². The van der Waals surface area contributed by atoms with E-state index in [4.69, 9.17) is 0 Å². The zero-order chi connectivity index (χ0) is 9.84. The lowest BCUT2D eigenvalue weighted by atomic mass is 10.0. The van der Waals surface area contributed by atoms with E-state index in [0.29, 0.717) is 0 Å². The molecule has 68 valence electrons. The molecular formula is C11H11IO. The highest BCUT2D eigenvalue weighted by Gasteiger charge is 2.07. The Morgan fingerprint density at radius 3 is 2.46 bits per heavy atom. The van der Waals surface area contributed by atoms with Gasteiger partial charge in [-0.2, -0.15) is 0 Å². The molecule has 1 atom stereocenters. The van der Waals surface area contributed by atoms with Crippen molar-refractivity contribution in [1.29, 1.82) is 0 Å². The Kier molecular flexibility index (Phi) is 3.72. The third-order valence-corrected chi connectivity index (χ3v) is 2.59. The normalized spacial score (nSPS) is 11.9. The summed E-state index contributed by atoms with van der Waals surface area (Å²) in [5.74, 6) is 0. The molecule has 1 rings (SSSR count). The van der Waals surface area contributed by atoms with Crippen LogP contribution in [0.4, 0.5) is 0 Å². The van der Waals surface area contributed by atoms with E-state index in [1.165, 1.54) is 0 Å². The molecule has 0 aliphatic heterocycles. The van der Waals surface area contributed by atoms with Crippen molar-refractivity contribution >= 4 is 22.6 Å². The number of hydrogen-bond donors (Lipinski definition) is 1. The van der Waals surface area contributed by atoms with Crippen LogP contribution in [0.25, 0.3) is 0 Å². The molecule has 2 heteroatoms. The molecule has 0 saturated carbocycles. The first-order valence-corrected chi connectivity index (χ1v) is 5.03. The van der Waals surface area contributed by atoms with E-state index >= 15 is 0 Å². The molecule has 0 saturated heterocycles. The van der Waals surface area contributed by atoms with Crippen LogP contribution < -0.4 is 0 Å². The second kappa shape index (κ2) is 4.61. The highest BCUT2D eigenvalue weighted by Crippen LogP contribution is 2.20. The van der Waals surface area contributed by atoms with Gasteiger partial charge in [-0.3, -0.25) is 0 Å². The third kappa shape index (κ3) is 2.69. The highest BCUT2D eigenvalue weighted by atomic mass is 127. The van der Waals surface area contributed by atoms with Gasteiger partial charge in [0, 0.05) is 9.14 Å². The Balaban J connectivity index is 2.96. The fraction of sp³-hybridized carbons (Fsp3) is 0.182. The van der Waals surface area contributed by atoms with Crippen molar-refractivity contribution in [3.05, 3.63) is 51.3 Å². The molecule has 0 bridgehead atoms. The van der Waals surface area contributed by atoms with Gasteiger partial charge in [-0.05, 0) is 47.2 Å². The van der Waals surface area contributed by atoms with Crippen LogP contribution in [-0.4, -0.2) is 5.11 Å². The van der Waals surface area contributed by atoms with Gasteiger partial charge < -0.3 is 5.11 Å². The van der Waals surface area contributed by atoms with Crippen LogP contribution in [0.1, 0.15) is 18.6 Å². The zero-order valence-electron chi connectivity index (χ0n) is 7.42. The molecule has 0 heterocycles. The maximum absolute atomic E-state index is 9.74. The first-order valence-electron chi connectivity index (χ1n) is 3.95. The Morgan fingerprint density at radius 1 is 1.46 bits per heavy atom. The molecule has 1 aromatic carbocycles. The summed E-state index contributed by atoms with van der Waals surface area (Å²) in [5, 5.41) is 9.74. The minimum absolute atomic E-state index is 0.575. The molecular weight excluding hydrogens is 275 g/mol. The van der Waals surface area contributed by atoms with Crippen molar-refractivity contribution in [2.24, 2.45) is 0 Å². The maximum atomic E-state index is 9.74. The zero-order valence-corrected chi connectivity index (χ0v) is 9.58. The number of rotatable bonds is 2. The van der Waals surface area contributed by atoms with Crippen LogP contribution in [0.2, 0.25) is 0 Å². The van der Waals surface area contributed by atoms with Crippen molar-refractivity contribution in [1.82, 2.24) is 0 Å². The molecule has 1 nitrogen and oxygen atoms in total. The molecule has 1 N–H and O–H groups in total. The smallest absolute Gasteiger partial charge is 0.107 e. The van der Waals surface area contributed by atoms with Crippen LogP contribution in [0, 0.1) is 3.57 Å². The molecule has 1 unspecified atom stereocenters. The second-order valence-electron chi connectivity index (χ2n) is 2.81. The molecule has 0 spiro atoms. The van der Waals surface area contributed by atoms with Crippen molar-refractivity contribution in [2.45, 2.75) is 13.0 Å². The van der Waals surface area contributed by atoms with Gasteiger partial charge in [0.05, 0.1) is 0 Å². The predicted molar refractivity (Wildman–Crippen MR) is 62.4 cm³/mol. The summed E-state index contributed by atoms with van der Waals surface area (Å²) in [6.07, 6.45) is -0.575. The second-order valence-corrected chi connectivity index (χ2v) is 4.06. The Bertz CT molecular complexity index is 334. The van der Waals surface area contributed by atoms with Gasteiger partial charge in [-0.1, -0.05) is 18.7 Å². The van der Waals surface area contributed by atoms with E-state index in [9.17, 15) is 5.11 Å². The Morgan fingerprint density at radius 2 is 2.00 bits per heavy atom. The number of aliphatic hydroxyl groups excluding tert-OH is 1. The summed E-state index contributed by atoms with van der Waals surface area (Å²) in [7, 11) is 0. The number of aliphatic hydroxyl groups is 1. The monoisotopic (exact) mass is 286 g/mol. The summed E-state index contributed by atoms with van der Waals surface area (Å²) >= 11 is 2.23. The molecule has 0 aliphatic rings. The maximum Gasteiger partial charge on any atom is 0.107 e. The average molecular weight is 286 g/mol.